The van der Waals surface area contributed by atoms with E-state index >= 15 is 0 Å². The maximum Gasteiger partial charge on any atom is 0.385 e. The van der Waals surface area contributed by atoms with Crippen molar-refractivity contribution in [2.75, 3.05) is 18.5 Å². The number of benzene rings is 2. The summed E-state index contributed by atoms with van der Waals surface area (Å²) >= 11 is 0. The van der Waals surface area contributed by atoms with Crippen LogP contribution in [0.1, 0.15) is 19.6 Å². The number of anilines is 1. The van der Waals surface area contributed by atoms with Gasteiger partial charge >= 0.3 is 7.60 Å². The molecule has 0 unspecified atom stereocenters. The normalized spacial score (nSPS) is 11.8. The number of furan rings is 1. The minimum atomic E-state index is -3.67. The van der Waals surface area contributed by atoms with Gasteiger partial charge in [0.2, 0.25) is 17.2 Å². The van der Waals surface area contributed by atoms with Crippen LogP contribution in [0.2, 0.25) is 0 Å². The van der Waals surface area contributed by atoms with E-state index in [1.807, 2.05) is 48.5 Å². The molecule has 156 valence electrons. The first-order valence-corrected chi connectivity index (χ1v) is 11.3. The van der Waals surface area contributed by atoms with Gasteiger partial charge in [0, 0.05) is 5.56 Å². The summed E-state index contributed by atoms with van der Waals surface area (Å²) in [6.45, 7) is 4.28. The molecule has 0 saturated heterocycles. The van der Waals surface area contributed by atoms with E-state index in [9.17, 15) is 4.57 Å². The standard InChI is InChI=1S/C22H23N2O5P/c1-3-27-30(25,28-4-2)22-21(23-15-17-11-8-14-26-17)29-20(24-22)19-13-7-10-16-9-5-6-12-18(16)19/h5-14,23H,3-4,15H2,1-2H3. The summed E-state index contributed by atoms with van der Waals surface area (Å²) in [7, 11) is -3.67. The fourth-order valence-corrected chi connectivity index (χ4v) is 4.81. The summed E-state index contributed by atoms with van der Waals surface area (Å²) in [4.78, 5) is 4.57. The first-order chi connectivity index (χ1) is 14.6. The molecule has 0 aliphatic rings. The molecule has 0 aliphatic carbocycles. The van der Waals surface area contributed by atoms with Crippen LogP contribution in [-0.2, 0) is 20.2 Å². The van der Waals surface area contributed by atoms with Crippen LogP contribution in [-0.4, -0.2) is 18.2 Å². The molecule has 0 aliphatic heterocycles. The number of nitrogens with zero attached hydrogens (tertiary/aromatic N) is 1. The first-order valence-electron chi connectivity index (χ1n) is 9.79. The molecule has 4 rings (SSSR count). The van der Waals surface area contributed by atoms with Crippen LogP contribution in [0, 0.1) is 0 Å². The molecule has 1 N–H and O–H groups in total. The number of fused-ring (bicyclic) bond motifs is 1. The van der Waals surface area contributed by atoms with E-state index < -0.39 is 7.60 Å². The van der Waals surface area contributed by atoms with Crippen LogP contribution >= 0.6 is 7.60 Å². The summed E-state index contributed by atoms with van der Waals surface area (Å²) in [5.41, 5.74) is 0.917. The lowest BCUT2D eigenvalue weighted by atomic mass is 10.0. The van der Waals surface area contributed by atoms with E-state index in [0.29, 0.717) is 18.2 Å². The third kappa shape index (κ3) is 4.05. The Morgan fingerprint density at radius 2 is 1.77 bits per heavy atom. The van der Waals surface area contributed by atoms with E-state index in [4.69, 9.17) is 17.9 Å². The van der Waals surface area contributed by atoms with Gasteiger partial charge in [-0.25, -0.2) is 0 Å². The van der Waals surface area contributed by atoms with Gasteiger partial charge in [-0.1, -0.05) is 36.4 Å². The zero-order valence-corrected chi connectivity index (χ0v) is 17.7. The van der Waals surface area contributed by atoms with E-state index in [0.717, 1.165) is 16.3 Å². The predicted molar refractivity (Wildman–Crippen MR) is 116 cm³/mol. The third-order valence-electron chi connectivity index (χ3n) is 4.49. The molecular formula is C22H23N2O5P. The van der Waals surface area contributed by atoms with Crippen LogP contribution in [0.3, 0.4) is 0 Å². The Morgan fingerprint density at radius 1 is 1.00 bits per heavy atom. The Kier molecular flexibility index (Phi) is 6.04. The van der Waals surface area contributed by atoms with Gasteiger partial charge in [0.1, 0.15) is 5.76 Å². The quantitative estimate of drug-likeness (QED) is 0.349. The topological polar surface area (TPSA) is 86.7 Å². The van der Waals surface area contributed by atoms with E-state index in [-0.39, 0.29) is 24.5 Å². The minimum Gasteiger partial charge on any atom is -0.467 e. The second kappa shape index (κ2) is 8.88. The summed E-state index contributed by atoms with van der Waals surface area (Å²) < 4.78 is 35.9. The lowest BCUT2D eigenvalue weighted by molar-refractivity contribution is 0.229. The molecular weight excluding hydrogens is 403 g/mol. The average Bonchev–Trinajstić information content (AvgIpc) is 3.42. The van der Waals surface area contributed by atoms with Crippen LogP contribution < -0.4 is 10.8 Å². The number of aromatic nitrogens is 1. The van der Waals surface area contributed by atoms with Crippen molar-refractivity contribution in [3.8, 4) is 11.5 Å². The van der Waals surface area contributed by atoms with Gasteiger partial charge < -0.3 is 23.2 Å². The molecule has 30 heavy (non-hydrogen) atoms. The van der Waals surface area contributed by atoms with Gasteiger partial charge in [0.15, 0.2) is 0 Å². The second-order valence-corrected chi connectivity index (χ2v) is 8.40. The lowest BCUT2D eigenvalue weighted by Crippen LogP contribution is -2.16. The van der Waals surface area contributed by atoms with Crippen molar-refractivity contribution in [1.82, 2.24) is 4.98 Å². The highest BCUT2D eigenvalue weighted by atomic mass is 31.2. The summed E-state index contributed by atoms with van der Waals surface area (Å²) in [5.74, 6) is 1.27. The Labute approximate surface area is 174 Å². The van der Waals surface area contributed by atoms with Crippen molar-refractivity contribution in [2.24, 2.45) is 0 Å². The van der Waals surface area contributed by atoms with Gasteiger partial charge in [-0.15, -0.1) is 0 Å². The molecule has 0 saturated carbocycles. The fourth-order valence-electron chi connectivity index (χ4n) is 3.22. The molecule has 2 aromatic carbocycles. The summed E-state index contributed by atoms with van der Waals surface area (Å²) in [6, 6.07) is 17.4. The molecule has 2 heterocycles. The van der Waals surface area contributed by atoms with Crippen LogP contribution in [0.5, 0.6) is 0 Å². The molecule has 2 aromatic heterocycles. The van der Waals surface area contributed by atoms with Gasteiger partial charge in [-0.3, -0.25) is 4.57 Å². The Bertz CT molecular complexity index is 1150. The number of hydrogen-bond acceptors (Lipinski definition) is 7. The Hall–Kier alpha value is -2.86. The van der Waals surface area contributed by atoms with Gasteiger partial charge in [-0.2, -0.15) is 4.98 Å². The third-order valence-corrected chi connectivity index (χ3v) is 6.51. The lowest BCUT2D eigenvalue weighted by Gasteiger charge is -2.15. The SMILES string of the molecule is CCOP(=O)(OCC)c1nc(-c2cccc3ccccc23)oc1NCc1ccco1. The van der Waals surface area contributed by atoms with Crippen molar-refractivity contribution in [1.29, 1.82) is 0 Å². The first kappa shape index (κ1) is 20.4. The molecule has 0 amide bonds. The maximum absolute atomic E-state index is 13.5. The van der Waals surface area contributed by atoms with Crippen LogP contribution in [0.25, 0.3) is 22.2 Å². The summed E-state index contributed by atoms with van der Waals surface area (Å²) in [6.07, 6.45) is 1.59. The van der Waals surface area contributed by atoms with Crippen LogP contribution in [0.4, 0.5) is 5.88 Å². The zero-order chi connectivity index (χ0) is 21.0. The number of rotatable bonds is 9. The van der Waals surface area contributed by atoms with Crippen LogP contribution in [0.15, 0.2) is 69.7 Å². The molecule has 7 nitrogen and oxygen atoms in total. The molecule has 0 fully saturated rings. The molecule has 8 heteroatoms. The minimum absolute atomic E-state index is 0.126. The highest BCUT2D eigenvalue weighted by Gasteiger charge is 2.36. The largest absolute Gasteiger partial charge is 0.467 e. The number of nitrogens with one attached hydrogen (secondary N) is 1. The van der Waals surface area contributed by atoms with E-state index in [1.165, 1.54) is 0 Å². The molecule has 0 spiro atoms. The Morgan fingerprint density at radius 3 is 2.50 bits per heavy atom. The maximum atomic E-state index is 13.5. The average molecular weight is 426 g/mol. The molecule has 0 atom stereocenters. The second-order valence-electron chi connectivity index (χ2n) is 6.46. The van der Waals surface area contributed by atoms with Crippen molar-refractivity contribution in [3.63, 3.8) is 0 Å². The smallest absolute Gasteiger partial charge is 0.385 e. The monoisotopic (exact) mass is 426 g/mol. The highest BCUT2D eigenvalue weighted by Crippen LogP contribution is 2.49. The number of oxazole rings is 1. The number of hydrogen-bond donors (Lipinski definition) is 1. The van der Waals surface area contributed by atoms with Crippen molar-refractivity contribution in [2.45, 2.75) is 20.4 Å². The van der Waals surface area contributed by atoms with Crippen molar-refractivity contribution >= 4 is 29.7 Å². The highest BCUT2D eigenvalue weighted by molar-refractivity contribution is 7.62. The zero-order valence-electron chi connectivity index (χ0n) is 16.8. The van der Waals surface area contributed by atoms with Crippen molar-refractivity contribution in [3.05, 3.63) is 66.6 Å². The Balaban J connectivity index is 1.81. The van der Waals surface area contributed by atoms with E-state index in [1.54, 1.807) is 26.2 Å². The molecule has 4 aromatic rings. The molecule has 0 radical (unpaired) electrons. The van der Waals surface area contributed by atoms with E-state index in [2.05, 4.69) is 10.3 Å². The van der Waals surface area contributed by atoms with Gasteiger partial charge in [-0.05, 0) is 42.8 Å². The van der Waals surface area contributed by atoms with Gasteiger partial charge in [0.05, 0.1) is 26.0 Å². The molecule has 0 bridgehead atoms. The summed E-state index contributed by atoms with van der Waals surface area (Å²) in [5, 5.41) is 5.15. The fraction of sp³-hybridized carbons (Fsp3) is 0.227. The van der Waals surface area contributed by atoms with Gasteiger partial charge in [0.25, 0.3) is 0 Å². The van der Waals surface area contributed by atoms with Crippen molar-refractivity contribution < 1.29 is 22.4 Å². The predicted octanol–water partition coefficient (Wildman–Crippen LogP) is 5.59.